The number of hydrogen-bond acceptors (Lipinski definition) is 6. The van der Waals surface area contributed by atoms with Gasteiger partial charge in [-0.3, -0.25) is 24.8 Å². The molecule has 0 bridgehead atoms. The monoisotopic (exact) mass is 418 g/mol. The minimum Gasteiger partial charge on any atom is -0.457 e. The summed E-state index contributed by atoms with van der Waals surface area (Å²) in [6.45, 7) is 3.27. The first-order valence-electron chi connectivity index (χ1n) is 10.0. The molecular formula is C23H22N4O4. The Morgan fingerprint density at radius 1 is 1.03 bits per heavy atom. The maximum Gasteiger partial charge on any atom is 0.270 e. The molecule has 3 aromatic rings. The number of carbonyl (C=O) groups is 1. The second-order valence-corrected chi connectivity index (χ2v) is 7.28. The van der Waals surface area contributed by atoms with Crippen molar-refractivity contribution in [3.63, 3.8) is 0 Å². The first kappa shape index (κ1) is 20.5. The van der Waals surface area contributed by atoms with Crippen molar-refractivity contribution in [3.05, 3.63) is 94.3 Å². The number of benzene rings is 2. The lowest BCUT2D eigenvalue weighted by atomic mass is 10.1. The van der Waals surface area contributed by atoms with Gasteiger partial charge in [0.05, 0.1) is 10.5 Å². The normalized spacial score (nSPS) is 14.3. The second-order valence-electron chi connectivity index (χ2n) is 7.28. The van der Waals surface area contributed by atoms with Crippen molar-refractivity contribution in [3.8, 4) is 11.5 Å². The van der Waals surface area contributed by atoms with Gasteiger partial charge in [0.15, 0.2) is 0 Å². The van der Waals surface area contributed by atoms with Crippen LogP contribution in [0.5, 0.6) is 11.5 Å². The Kier molecular flexibility index (Phi) is 6.18. The molecular weight excluding hydrogens is 396 g/mol. The van der Waals surface area contributed by atoms with Crippen LogP contribution in [0.15, 0.2) is 73.1 Å². The van der Waals surface area contributed by atoms with E-state index in [0.29, 0.717) is 37.7 Å². The predicted molar refractivity (Wildman–Crippen MR) is 115 cm³/mol. The van der Waals surface area contributed by atoms with Crippen molar-refractivity contribution < 1.29 is 14.5 Å². The summed E-state index contributed by atoms with van der Waals surface area (Å²) in [6.07, 6.45) is 3.59. The summed E-state index contributed by atoms with van der Waals surface area (Å²) in [5.41, 5.74) is 1.18. The highest BCUT2D eigenvalue weighted by Gasteiger charge is 2.26. The molecule has 1 aromatic heterocycles. The number of piperazine rings is 1. The van der Waals surface area contributed by atoms with E-state index in [1.165, 1.54) is 18.2 Å². The quantitative estimate of drug-likeness (QED) is 0.448. The molecule has 0 saturated carbocycles. The lowest BCUT2D eigenvalue weighted by Crippen LogP contribution is -2.48. The molecule has 4 rings (SSSR count). The average Bonchev–Trinajstić information content (AvgIpc) is 2.80. The number of pyridine rings is 1. The fourth-order valence-corrected chi connectivity index (χ4v) is 3.53. The van der Waals surface area contributed by atoms with E-state index in [1.807, 2.05) is 36.5 Å². The fourth-order valence-electron chi connectivity index (χ4n) is 3.53. The predicted octanol–water partition coefficient (Wildman–Crippen LogP) is 3.74. The number of hydrogen-bond donors (Lipinski definition) is 0. The molecule has 158 valence electrons. The lowest BCUT2D eigenvalue weighted by molar-refractivity contribution is -0.384. The Morgan fingerprint density at radius 3 is 2.48 bits per heavy atom. The van der Waals surface area contributed by atoms with Gasteiger partial charge in [0.25, 0.3) is 11.6 Å². The van der Waals surface area contributed by atoms with Crippen molar-refractivity contribution in [1.29, 1.82) is 0 Å². The van der Waals surface area contributed by atoms with E-state index in [2.05, 4.69) is 9.88 Å². The van der Waals surface area contributed by atoms with Crippen molar-refractivity contribution in [2.45, 2.75) is 6.54 Å². The van der Waals surface area contributed by atoms with Crippen LogP contribution in [0.4, 0.5) is 5.69 Å². The molecule has 1 aliphatic heterocycles. The van der Waals surface area contributed by atoms with Gasteiger partial charge in [-0.1, -0.05) is 24.3 Å². The van der Waals surface area contributed by atoms with Crippen LogP contribution in [0, 0.1) is 10.1 Å². The van der Waals surface area contributed by atoms with Crippen LogP contribution in [0.1, 0.15) is 15.9 Å². The Balaban J connectivity index is 1.49. The van der Waals surface area contributed by atoms with Crippen LogP contribution < -0.4 is 4.74 Å². The SMILES string of the molecule is O=C(c1cc([N+](=O)[O-])ccc1Oc1ccccc1)N1CCN(Cc2cccnc2)CC1. The Hall–Kier alpha value is -3.78. The molecule has 31 heavy (non-hydrogen) atoms. The molecule has 0 aliphatic carbocycles. The zero-order valence-electron chi connectivity index (χ0n) is 16.9. The number of nitrogens with zero attached hydrogens (tertiary/aromatic N) is 4. The highest BCUT2D eigenvalue weighted by Crippen LogP contribution is 2.30. The third-order valence-corrected chi connectivity index (χ3v) is 5.16. The van der Waals surface area contributed by atoms with Gasteiger partial charge < -0.3 is 9.64 Å². The van der Waals surface area contributed by atoms with Gasteiger partial charge in [-0.15, -0.1) is 0 Å². The molecule has 2 heterocycles. The van der Waals surface area contributed by atoms with Gasteiger partial charge >= 0.3 is 0 Å². The third kappa shape index (κ3) is 5.04. The van der Waals surface area contributed by atoms with Crippen molar-refractivity contribution in [2.24, 2.45) is 0 Å². The van der Waals surface area contributed by atoms with E-state index < -0.39 is 4.92 Å². The van der Waals surface area contributed by atoms with E-state index >= 15 is 0 Å². The minimum absolute atomic E-state index is 0.140. The Morgan fingerprint density at radius 2 is 1.81 bits per heavy atom. The zero-order chi connectivity index (χ0) is 21.6. The van der Waals surface area contributed by atoms with Gasteiger partial charge in [-0.2, -0.15) is 0 Å². The summed E-state index contributed by atoms with van der Waals surface area (Å²) in [7, 11) is 0. The molecule has 0 spiro atoms. The van der Waals surface area contributed by atoms with Crippen molar-refractivity contribution >= 4 is 11.6 Å². The van der Waals surface area contributed by atoms with Crippen LogP contribution in [0.25, 0.3) is 0 Å². The van der Waals surface area contributed by atoms with Crippen LogP contribution in [0.3, 0.4) is 0 Å². The highest BCUT2D eigenvalue weighted by atomic mass is 16.6. The minimum atomic E-state index is -0.505. The standard InChI is InChI=1S/C23H22N4O4/c28-23(26-13-11-25(12-14-26)17-18-5-4-10-24-16-18)21-15-19(27(29)30)8-9-22(21)31-20-6-2-1-3-7-20/h1-10,15-16H,11-14,17H2. The molecule has 2 aromatic carbocycles. The highest BCUT2D eigenvalue weighted by molar-refractivity contribution is 5.97. The number of aromatic nitrogens is 1. The summed E-state index contributed by atoms with van der Waals surface area (Å²) in [5, 5.41) is 11.3. The van der Waals surface area contributed by atoms with Gasteiger partial charge in [-0.05, 0) is 29.8 Å². The van der Waals surface area contributed by atoms with Crippen LogP contribution in [0.2, 0.25) is 0 Å². The van der Waals surface area contributed by atoms with Crippen LogP contribution in [-0.4, -0.2) is 51.8 Å². The summed E-state index contributed by atoms with van der Waals surface area (Å²) in [4.78, 5) is 32.1. The lowest BCUT2D eigenvalue weighted by Gasteiger charge is -2.35. The largest absolute Gasteiger partial charge is 0.457 e. The third-order valence-electron chi connectivity index (χ3n) is 5.16. The van der Waals surface area contributed by atoms with E-state index in [4.69, 9.17) is 4.74 Å². The number of para-hydroxylation sites is 1. The number of non-ortho nitro benzene ring substituents is 1. The van der Waals surface area contributed by atoms with E-state index in [0.717, 1.165) is 12.1 Å². The molecule has 0 atom stereocenters. The van der Waals surface area contributed by atoms with Gasteiger partial charge in [0.2, 0.25) is 0 Å². The van der Waals surface area contributed by atoms with Gasteiger partial charge in [0, 0.05) is 57.3 Å². The maximum absolute atomic E-state index is 13.2. The molecule has 1 saturated heterocycles. The fraction of sp³-hybridized carbons (Fsp3) is 0.217. The molecule has 1 aliphatic rings. The number of ether oxygens (including phenoxy) is 1. The van der Waals surface area contributed by atoms with Crippen LogP contribution >= 0.6 is 0 Å². The summed E-state index contributed by atoms with van der Waals surface area (Å²) < 4.78 is 5.87. The maximum atomic E-state index is 13.2. The molecule has 1 amide bonds. The smallest absolute Gasteiger partial charge is 0.270 e. The molecule has 8 nitrogen and oxygen atoms in total. The Bertz CT molecular complexity index is 1050. The first-order chi connectivity index (χ1) is 15.1. The summed E-state index contributed by atoms with van der Waals surface area (Å²) in [6, 6.07) is 17.1. The van der Waals surface area contributed by atoms with E-state index in [1.54, 1.807) is 23.2 Å². The first-order valence-corrected chi connectivity index (χ1v) is 10.0. The summed E-state index contributed by atoms with van der Waals surface area (Å²) >= 11 is 0. The average molecular weight is 418 g/mol. The van der Waals surface area contributed by atoms with Gasteiger partial charge in [0.1, 0.15) is 11.5 Å². The molecule has 0 N–H and O–H groups in total. The molecule has 1 fully saturated rings. The van der Waals surface area contributed by atoms with Crippen molar-refractivity contribution in [2.75, 3.05) is 26.2 Å². The van der Waals surface area contributed by atoms with Crippen LogP contribution in [-0.2, 0) is 6.54 Å². The number of nitro benzene ring substituents is 1. The molecule has 0 unspecified atom stereocenters. The number of amides is 1. The number of rotatable bonds is 6. The topological polar surface area (TPSA) is 88.8 Å². The zero-order valence-corrected chi connectivity index (χ0v) is 16.9. The Labute approximate surface area is 179 Å². The second kappa shape index (κ2) is 9.36. The van der Waals surface area contributed by atoms with Crippen molar-refractivity contribution in [1.82, 2.24) is 14.8 Å². The van der Waals surface area contributed by atoms with E-state index in [-0.39, 0.29) is 17.2 Å². The molecule has 0 radical (unpaired) electrons. The van der Waals surface area contributed by atoms with Gasteiger partial charge in [-0.25, -0.2) is 0 Å². The molecule has 8 heteroatoms. The summed E-state index contributed by atoms with van der Waals surface area (Å²) in [5.74, 6) is 0.599. The number of nitro groups is 1. The van der Waals surface area contributed by atoms with E-state index in [9.17, 15) is 14.9 Å². The number of carbonyl (C=O) groups excluding carboxylic acids is 1.